The van der Waals surface area contributed by atoms with Gasteiger partial charge >= 0.3 is 5.97 Å². The second-order valence-corrected chi connectivity index (χ2v) is 11.0. The molecule has 5 aliphatic rings. The molecule has 0 aromatic carbocycles. The van der Waals surface area contributed by atoms with Gasteiger partial charge in [0.2, 0.25) is 0 Å². The van der Waals surface area contributed by atoms with Crippen molar-refractivity contribution in [3.63, 3.8) is 0 Å². The molecule has 3 saturated carbocycles. The lowest BCUT2D eigenvalue weighted by atomic mass is 9.47. The average molecular weight is 415 g/mol. The first-order valence-electron chi connectivity index (χ1n) is 12.1. The Morgan fingerprint density at radius 1 is 1.13 bits per heavy atom. The van der Waals surface area contributed by atoms with Crippen LogP contribution in [0.15, 0.2) is 23.8 Å². The molecule has 1 spiro atoms. The molecule has 0 amide bonds. The third-order valence-electron chi connectivity index (χ3n) is 10.00. The molecule has 0 aromatic rings. The van der Waals surface area contributed by atoms with Crippen LogP contribution in [-0.2, 0) is 19.0 Å². The number of hydrogen-bond acceptors (Lipinski definition) is 4. The van der Waals surface area contributed by atoms with Crippen LogP contribution in [0.3, 0.4) is 0 Å². The first-order valence-corrected chi connectivity index (χ1v) is 12.1. The Balaban J connectivity index is 1.33. The minimum absolute atomic E-state index is 0.235. The van der Waals surface area contributed by atoms with Crippen LogP contribution in [0, 0.1) is 34.5 Å². The molecule has 5 rings (SSSR count). The number of methoxy groups -OCH3 is 1. The van der Waals surface area contributed by atoms with E-state index in [4.69, 9.17) is 14.2 Å². The Bertz CT molecular complexity index is 748. The van der Waals surface area contributed by atoms with Crippen LogP contribution in [0.1, 0.15) is 71.6 Å². The summed E-state index contributed by atoms with van der Waals surface area (Å²) in [5, 5.41) is 0. The highest BCUT2D eigenvalue weighted by atomic mass is 16.7. The number of rotatable bonds is 3. The first kappa shape index (κ1) is 20.8. The number of hydrogen-bond donors (Lipinski definition) is 0. The smallest absolute Gasteiger partial charge is 0.330 e. The molecule has 4 nitrogen and oxygen atoms in total. The van der Waals surface area contributed by atoms with Crippen molar-refractivity contribution in [3.8, 4) is 0 Å². The van der Waals surface area contributed by atoms with Gasteiger partial charge in [-0.25, -0.2) is 4.79 Å². The van der Waals surface area contributed by atoms with E-state index in [1.165, 1.54) is 45.6 Å². The van der Waals surface area contributed by atoms with Gasteiger partial charge in [0.1, 0.15) is 0 Å². The second-order valence-electron chi connectivity index (χ2n) is 11.0. The lowest BCUT2D eigenvalue weighted by molar-refractivity contribution is -0.185. The Morgan fingerprint density at radius 3 is 2.70 bits per heavy atom. The van der Waals surface area contributed by atoms with Crippen molar-refractivity contribution in [1.29, 1.82) is 0 Å². The topological polar surface area (TPSA) is 44.8 Å². The molecule has 1 saturated heterocycles. The van der Waals surface area contributed by atoms with Gasteiger partial charge in [-0.1, -0.05) is 31.6 Å². The van der Waals surface area contributed by atoms with E-state index in [-0.39, 0.29) is 11.8 Å². The van der Waals surface area contributed by atoms with Crippen molar-refractivity contribution < 1.29 is 19.0 Å². The highest BCUT2D eigenvalue weighted by molar-refractivity contribution is 5.81. The molecule has 166 valence electrons. The monoisotopic (exact) mass is 414 g/mol. The second kappa shape index (κ2) is 7.48. The Morgan fingerprint density at radius 2 is 1.93 bits per heavy atom. The number of carbonyl (C=O) groups excluding carboxylic acids is 1. The lowest BCUT2D eigenvalue weighted by Crippen LogP contribution is -2.52. The molecule has 30 heavy (non-hydrogen) atoms. The van der Waals surface area contributed by atoms with Crippen LogP contribution in [0.2, 0.25) is 0 Å². The molecule has 1 heterocycles. The Labute approximate surface area is 181 Å². The number of allylic oxidation sites excluding steroid dienone is 2. The summed E-state index contributed by atoms with van der Waals surface area (Å²) in [4.78, 5) is 11.5. The highest BCUT2D eigenvalue weighted by Gasteiger charge is 2.59. The third-order valence-corrected chi connectivity index (χ3v) is 10.00. The van der Waals surface area contributed by atoms with Gasteiger partial charge in [-0.2, -0.15) is 0 Å². The van der Waals surface area contributed by atoms with Crippen LogP contribution >= 0.6 is 0 Å². The third kappa shape index (κ3) is 3.12. The number of carbonyl (C=O) groups is 1. The normalized spacial score (nSPS) is 44.4. The molecule has 0 radical (unpaired) electrons. The molecule has 4 aliphatic carbocycles. The Kier molecular flexibility index (Phi) is 5.17. The summed E-state index contributed by atoms with van der Waals surface area (Å²) < 4.78 is 16.9. The van der Waals surface area contributed by atoms with E-state index in [2.05, 4.69) is 26.0 Å². The lowest BCUT2D eigenvalue weighted by Gasteiger charge is -2.59. The molecule has 4 heteroatoms. The first-order chi connectivity index (χ1) is 14.4. The van der Waals surface area contributed by atoms with Crippen LogP contribution in [0.5, 0.6) is 0 Å². The summed E-state index contributed by atoms with van der Waals surface area (Å²) in [5.41, 5.74) is 2.36. The van der Waals surface area contributed by atoms with Gasteiger partial charge < -0.3 is 14.2 Å². The predicted octanol–water partition coefficient (Wildman–Crippen LogP) is 5.43. The van der Waals surface area contributed by atoms with Crippen molar-refractivity contribution in [2.75, 3.05) is 20.3 Å². The maximum Gasteiger partial charge on any atom is 0.330 e. The summed E-state index contributed by atoms with van der Waals surface area (Å²) in [6, 6.07) is 0. The SMILES string of the molecule is COC(=O)/C=C/CC1CCC2C3CC=C4CC5(CCC4(C)C3CCC12C)OCCO5. The van der Waals surface area contributed by atoms with Gasteiger partial charge in [0.15, 0.2) is 5.79 Å². The molecule has 0 aromatic heterocycles. The number of ether oxygens (including phenoxy) is 3. The molecule has 1 aliphatic heterocycles. The minimum Gasteiger partial charge on any atom is -0.466 e. The Hall–Kier alpha value is -1.13. The molecule has 0 bridgehead atoms. The van der Waals surface area contributed by atoms with Crippen molar-refractivity contribution in [2.45, 2.75) is 77.4 Å². The quantitative estimate of drug-likeness (QED) is 0.351. The molecular weight excluding hydrogens is 376 g/mol. The van der Waals surface area contributed by atoms with E-state index in [1.807, 2.05) is 0 Å². The maximum atomic E-state index is 11.5. The summed E-state index contributed by atoms with van der Waals surface area (Å²) in [6.45, 7) is 6.60. The average Bonchev–Trinajstić information content (AvgIpc) is 3.33. The van der Waals surface area contributed by atoms with Crippen molar-refractivity contribution >= 4 is 5.97 Å². The highest BCUT2D eigenvalue weighted by Crippen LogP contribution is 2.67. The summed E-state index contributed by atoms with van der Waals surface area (Å²) in [6.07, 6.45) is 17.1. The maximum absolute atomic E-state index is 11.5. The summed E-state index contributed by atoms with van der Waals surface area (Å²) in [5.74, 6) is 2.58. The number of esters is 1. The zero-order valence-corrected chi connectivity index (χ0v) is 19.0. The summed E-state index contributed by atoms with van der Waals surface area (Å²) in [7, 11) is 1.45. The zero-order valence-electron chi connectivity index (χ0n) is 19.0. The molecular formula is C26H38O4. The van der Waals surface area contributed by atoms with Crippen LogP contribution in [0.4, 0.5) is 0 Å². The summed E-state index contributed by atoms with van der Waals surface area (Å²) >= 11 is 0. The van der Waals surface area contributed by atoms with Gasteiger partial charge in [-0.15, -0.1) is 0 Å². The fraction of sp³-hybridized carbons (Fsp3) is 0.808. The van der Waals surface area contributed by atoms with Crippen LogP contribution in [0.25, 0.3) is 0 Å². The van der Waals surface area contributed by atoms with Gasteiger partial charge in [0, 0.05) is 18.9 Å². The van der Waals surface area contributed by atoms with Gasteiger partial charge in [-0.3, -0.25) is 0 Å². The van der Waals surface area contributed by atoms with Crippen molar-refractivity contribution in [1.82, 2.24) is 0 Å². The fourth-order valence-electron chi connectivity index (χ4n) is 8.24. The van der Waals surface area contributed by atoms with Crippen LogP contribution < -0.4 is 0 Å². The van der Waals surface area contributed by atoms with E-state index >= 15 is 0 Å². The van der Waals surface area contributed by atoms with E-state index in [1.54, 1.807) is 11.6 Å². The van der Waals surface area contributed by atoms with Gasteiger partial charge in [-0.05, 0) is 79.4 Å². The van der Waals surface area contributed by atoms with E-state index in [0.29, 0.717) is 16.7 Å². The largest absolute Gasteiger partial charge is 0.466 e. The molecule has 4 fully saturated rings. The number of fused-ring (bicyclic) bond motifs is 5. The van der Waals surface area contributed by atoms with E-state index < -0.39 is 0 Å². The predicted molar refractivity (Wildman–Crippen MR) is 116 cm³/mol. The van der Waals surface area contributed by atoms with Crippen LogP contribution in [-0.4, -0.2) is 32.1 Å². The standard InChI is InChI=1S/C26H38O4/c1-24-12-11-22-20(21(24)10-8-18(24)5-4-6-23(27)28-3)9-7-19-17-26(29-15-16-30-26)14-13-25(19,22)2/h4,6-7,18,20-22H,5,8-17H2,1-3H3/b6-4+. The van der Waals surface area contributed by atoms with Crippen molar-refractivity contribution in [3.05, 3.63) is 23.8 Å². The van der Waals surface area contributed by atoms with E-state index in [0.717, 1.165) is 50.2 Å². The van der Waals surface area contributed by atoms with E-state index in [9.17, 15) is 4.79 Å². The zero-order chi connectivity index (χ0) is 21.0. The molecule has 6 atom stereocenters. The van der Waals surface area contributed by atoms with Crippen molar-refractivity contribution in [2.24, 2.45) is 34.5 Å². The van der Waals surface area contributed by atoms with Gasteiger partial charge in [0.25, 0.3) is 0 Å². The fourth-order valence-corrected chi connectivity index (χ4v) is 8.24. The molecule has 0 N–H and O–H groups in total. The minimum atomic E-state index is -0.314. The molecule has 6 unspecified atom stereocenters. The van der Waals surface area contributed by atoms with Gasteiger partial charge in [0.05, 0.1) is 20.3 Å².